The molecule has 10 heteroatoms. The minimum Gasteiger partial charge on any atom is -0.280 e. The topological polar surface area (TPSA) is 44.8 Å². The van der Waals surface area contributed by atoms with Gasteiger partial charge in [0.05, 0.1) is 24.1 Å². The van der Waals surface area contributed by atoms with Gasteiger partial charge in [-0.3, -0.25) is 9.05 Å². The Morgan fingerprint density at radius 3 is 1.59 bits per heavy atom. The lowest BCUT2D eigenvalue weighted by Gasteiger charge is -2.38. The Morgan fingerprint density at radius 1 is 0.864 bits per heavy atom. The molecule has 130 valence electrons. The van der Waals surface area contributed by atoms with E-state index >= 15 is 0 Å². The van der Waals surface area contributed by atoms with Crippen molar-refractivity contribution < 1.29 is 17.7 Å². The molecule has 2 aliphatic rings. The molecule has 2 unspecified atom stereocenters. The van der Waals surface area contributed by atoms with Gasteiger partial charge < -0.3 is 0 Å². The molecule has 22 heavy (non-hydrogen) atoms. The zero-order valence-electron chi connectivity index (χ0n) is 11.8. The summed E-state index contributed by atoms with van der Waals surface area (Å²) in [6.45, 7) is 0. The van der Waals surface area contributed by atoms with E-state index in [1.165, 1.54) is 0 Å². The Bertz CT molecular complexity index is 403. The fraction of sp³-hybridized carbons (Fsp3) is 1.00. The standard InChI is InChI=1S/C12H18Br4ClO4P/c13-11(14)7-3-1-5-9(11)19-22(18,21-17)20-10-6-2-4-8-12(10,15)16/h9-10H,1-8H2. The molecule has 0 aliphatic heterocycles. The second-order valence-electron chi connectivity index (χ2n) is 5.72. The van der Waals surface area contributed by atoms with Gasteiger partial charge in [0.25, 0.3) is 0 Å². The van der Waals surface area contributed by atoms with Crippen LogP contribution in [0.2, 0.25) is 0 Å². The summed E-state index contributed by atoms with van der Waals surface area (Å²) < 4.78 is 27.9. The molecule has 2 rings (SSSR count). The quantitative estimate of drug-likeness (QED) is 0.244. The summed E-state index contributed by atoms with van der Waals surface area (Å²) >= 11 is 19.8. The third-order valence-corrected chi connectivity index (χ3v) is 9.32. The zero-order chi connectivity index (χ0) is 16.4. The van der Waals surface area contributed by atoms with Crippen LogP contribution in [0.1, 0.15) is 51.4 Å². The third-order valence-electron chi connectivity index (χ3n) is 3.99. The van der Waals surface area contributed by atoms with Crippen molar-refractivity contribution in [2.45, 2.75) is 70.0 Å². The van der Waals surface area contributed by atoms with Crippen LogP contribution in [0.5, 0.6) is 0 Å². The molecule has 0 amide bonds. The Labute approximate surface area is 170 Å². The van der Waals surface area contributed by atoms with Crippen molar-refractivity contribution in [1.82, 2.24) is 0 Å². The first kappa shape index (κ1) is 20.6. The van der Waals surface area contributed by atoms with Gasteiger partial charge in [0.1, 0.15) is 6.47 Å². The number of rotatable bonds is 5. The van der Waals surface area contributed by atoms with Crippen LogP contribution in [-0.2, 0) is 17.7 Å². The summed E-state index contributed by atoms with van der Waals surface area (Å²) in [6.07, 6.45) is 6.69. The van der Waals surface area contributed by atoms with E-state index in [4.69, 9.17) is 20.9 Å². The van der Waals surface area contributed by atoms with Crippen LogP contribution < -0.4 is 0 Å². The molecule has 2 saturated carbocycles. The van der Waals surface area contributed by atoms with Gasteiger partial charge in [0.15, 0.2) is 0 Å². The van der Waals surface area contributed by atoms with Gasteiger partial charge in [-0.1, -0.05) is 89.4 Å². The molecule has 2 fully saturated rings. The lowest BCUT2D eigenvalue weighted by molar-refractivity contribution is 0.0529. The summed E-state index contributed by atoms with van der Waals surface area (Å²) in [7, 11) is -3.85. The van der Waals surface area contributed by atoms with E-state index in [-0.39, 0.29) is 12.2 Å². The van der Waals surface area contributed by atoms with E-state index in [0.717, 1.165) is 51.4 Å². The number of halogens is 5. The van der Waals surface area contributed by atoms with Crippen molar-refractivity contribution in [3.8, 4) is 0 Å². The first-order chi connectivity index (χ1) is 10.2. The normalized spacial score (nSPS) is 34.0. The fourth-order valence-corrected chi connectivity index (χ4v) is 7.25. The molecule has 0 aromatic rings. The Morgan fingerprint density at radius 2 is 1.27 bits per heavy atom. The average Bonchev–Trinajstić information content (AvgIpc) is 2.43. The number of phosphoric ester groups is 1. The second-order valence-corrected chi connectivity index (χ2v) is 15.4. The molecular formula is C12H18Br4ClO4P. The van der Waals surface area contributed by atoms with Crippen LogP contribution in [0.15, 0.2) is 0 Å². The van der Waals surface area contributed by atoms with Gasteiger partial charge in [0.2, 0.25) is 0 Å². The van der Waals surface area contributed by atoms with E-state index in [1.807, 2.05) is 0 Å². The summed E-state index contributed by atoms with van der Waals surface area (Å²) in [4.78, 5) is 0. The molecule has 0 N–H and O–H groups in total. The molecule has 0 heterocycles. The predicted molar refractivity (Wildman–Crippen MR) is 102 cm³/mol. The first-order valence-electron chi connectivity index (χ1n) is 7.21. The predicted octanol–water partition coefficient (Wildman–Crippen LogP) is 7.16. The average molecular weight is 612 g/mol. The largest absolute Gasteiger partial charge is 0.492 e. The van der Waals surface area contributed by atoms with Crippen LogP contribution >= 0.6 is 83.4 Å². The van der Waals surface area contributed by atoms with Crippen molar-refractivity contribution in [3.05, 3.63) is 0 Å². The second kappa shape index (κ2) is 8.34. The number of alkyl halides is 4. The Hall–Kier alpha value is 2.32. The monoisotopic (exact) mass is 608 g/mol. The van der Waals surface area contributed by atoms with Gasteiger partial charge in [0, 0.05) is 0 Å². The number of phosphoric acid groups is 1. The third kappa shape index (κ3) is 5.41. The Balaban J connectivity index is 2.06. The number of hydrogen-bond donors (Lipinski definition) is 0. The first-order valence-corrected chi connectivity index (χ1v) is 12.2. The van der Waals surface area contributed by atoms with Crippen molar-refractivity contribution in [2.24, 2.45) is 0 Å². The smallest absolute Gasteiger partial charge is 0.280 e. The lowest BCUT2D eigenvalue weighted by Crippen LogP contribution is -2.38. The summed E-state index contributed by atoms with van der Waals surface area (Å²) in [5.74, 6) is 0. The van der Waals surface area contributed by atoms with Gasteiger partial charge in [-0.25, -0.2) is 4.57 Å². The van der Waals surface area contributed by atoms with E-state index < -0.39 is 14.3 Å². The maximum absolute atomic E-state index is 12.8. The van der Waals surface area contributed by atoms with Crippen molar-refractivity contribution in [1.29, 1.82) is 0 Å². The Kier molecular flexibility index (Phi) is 7.82. The minimum atomic E-state index is -3.85. The highest BCUT2D eigenvalue weighted by Crippen LogP contribution is 2.60. The summed E-state index contributed by atoms with van der Waals surface area (Å²) in [5, 5.41) is 0. The molecule has 2 aliphatic carbocycles. The van der Waals surface area contributed by atoms with Crippen molar-refractivity contribution >= 4 is 83.4 Å². The molecule has 2 atom stereocenters. The van der Waals surface area contributed by atoms with Gasteiger partial charge in [-0.05, 0) is 25.7 Å². The SMILES string of the molecule is O=P(OCl)(OC1CCCCC1(Br)Br)OC1CCCCC1(Br)Br. The zero-order valence-corrected chi connectivity index (χ0v) is 19.8. The maximum atomic E-state index is 12.8. The van der Waals surface area contributed by atoms with Gasteiger partial charge in [-0.15, -0.1) is 0 Å². The molecule has 0 aromatic carbocycles. The van der Waals surface area contributed by atoms with Crippen LogP contribution in [-0.4, -0.2) is 18.7 Å². The highest BCUT2D eigenvalue weighted by atomic mass is 79.9. The van der Waals surface area contributed by atoms with Crippen molar-refractivity contribution in [2.75, 3.05) is 0 Å². The molecule has 0 radical (unpaired) electrons. The van der Waals surface area contributed by atoms with E-state index in [0.29, 0.717) is 0 Å². The molecule has 0 spiro atoms. The van der Waals surface area contributed by atoms with E-state index in [9.17, 15) is 4.57 Å². The van der Waals surface area contributed by atoms with Crippen LogP contribution in [0, 0.1) is 0 Å². The van der Waals surface area contributed by atoms with Crippen molar-refractivity contribution in [3.63, 3.8) is 0 Å². The highest BCUT2D eigenvalue weighted by molar-refractivity contribution is 9.25. The highest BCUT2D eigenvalue weighted by Gasteiger charge is 2.47. The number of hydrogen-bond acceptors (Lipinski definition) is 4. The molecule has 4 nitrogen and oxygen atoms in total. The summed E-state index contributed by atoms with van der Waals surface area (Å²) in [5.41, 5.74) is 0. The van der Waals surface area contributed by atoms with Crippen LogP contribution in [0.25, 0.3) is 0 Å². The molecule has 0 aromatic heterocycles. The van der Waals surface area contributed by atoms with Gasteiger partial charge in [-0.2, -0.15) is 4.08 Å². The van der Waals surface area contributed by atoms with Crippen LogP contribution in [0.4, 0.5) is 0 Å². The van der Waals surface area contributed by atoms with E-state index in [1.54, 1.807) is 0 Å². The lowest BCUT2D eigenvalue weighted by atomic mass is 9.98. The molecule has 0 bridgehead atoms. The summed E-state index contributed by atoms with van der Waals surface area (Å²) in [6, 6.07) is 0. The van der Waals surface area contributed by atoms with E-state index in [2.05, 4.69) is 67.8 Å². The molecule has 0 saturated heterocycles. The molecular weight excluding hydrogens is 594 g/mol. The van der Waals surface area contributed by atoms with Crippen LogP contribution in [0.3, 0.4) is 0 Å². The minimum absolute atomic E-state index is 0.338. The fourth-order valence-electron chi connectivity index (χ4n) is 2.75. The maximum Gasteiger partial charge on any atom is 0.492 e. The van der Waals surface area contributed by atoms with Gasteiger partial charge >= 0.3 is 7.82 Å².